The minimum atomic E-state index is 0.0126. The SMILES string of the molecule is CC(C)CNC(=O)CCNc1cccnc1C#N. The van der Waals surface area contributed by atoms with E-state index >= 15 is 0 Å². The highest BCUT2D eigenvalue weighted by Gasteiger charge is 2.04. The molecule has 1 rings (SSSR count). The Kier molecular flexibility index (Phi) is 5.65. The third-order valence-corrected chi connectivity index (χ3v) is 2.29. The second-order valence-corrected chi connectivity index (χ2v) is 4.39. The molecule has 2 N–H and O–H groups in total. The van der Waals surface area contributed by atoms with Gasteiger partial charge in [-0.2, -0.15) is 5.26 Å². The zero-order valence-corrected chi connectivity index (χ0v) is 10.7. The fourth-order valence-electron chi connectivity index (χ4n) is 1.35. The average molecular weight is 246 g/mol. The van der Waals surface area contributed by atoms with Crippen LogP contribution in [0.3, 0.4) is 0 Å². The van der Waals surface area contributed by atoms with Gasteiger partial charge >= 0.3 is 0 Å². The lowest BCUT2D eigenvalue weighted by Gasteiger charge is -2.09. The van der Waals surface area contributed by atoms with Gasteiger partial charge < -0.3 is 10.6 Å². The summed E-state index contributed by atoms with van der Waals surface area (Å²) in [6, 6.07) is 5.53. The van der Waals surface area contributed by atoms with E-state index in [4.69, 9.17) is 5.26 Å². The molecule has 1 aromatic heterocycles. The van der Waals surface area contributed by atoms with Crippen LogP contribution in [0.5, 0.6) is 0 Å². The van der Waals surface area contributed by atoms with Gasteiger partial charge in [0.1, 0.15) is 6.07 Å². The Hall–Kier alpha value is -2.09. The topological polar surface area (TPSA) is 77.8 Å². The zero-order chi connectivity index (χ0) is 13.4. The number of hydrogen-bond acceptors (Lipinski definition) is 4. The molecule has 0 saturated carbocycles. The number of carbonyl (C=O) groups is 1. The van der Waals surface area contributed by atoms with E-state index in [9.17, 15) is 4.79 Å². The van der Waals surface area contributed by atoms with Crippen molar-refractivity contribution in [3.8, 4) is 6.07 Å². The summed E-state index contributed by atoms with van der Waals surface area (Å²) in [5.74, 6) is 0.462. The molecule has 0 bridgehead atoms. The van der Waals surface area contributed by atoms with Crippen molar-refractivity contribution in [2.45, 2.75) is 20.3 Å². The lowest BCUT2D eigenvalue weighted by atomic mass is 10.2. The number of nitrogens with zero attached hydrogens (tertiary/aromatic N) is 2. The number of aromatic nitrogens is 1. The smallest absolute Gasteiger partial charge is 0.221 e. The van der Waals surface area contributed by atoms with Crippen molar-refractivity contribution >= 4 is 11.6 Å². The highest BCUT2D eigenvalue weighted by atomic mass is 16.1. The molecule has 0 aromatic carbocycles. The van der Waals surface area contributed by atoms with Crippen LogP contribution in [0.1, 0.15) is 26.0 Å². The average Bonchev–Trinajstić information content (AvgIpc) is 2.37. The van der Waals surface area contributed by atoms with Crippen molar-refractivity contribution < 1.29 is 4.79 Å². The van der Waals surface area contributed by atoms with Gasteiger partial charge in [-0.15, -0.1) is 0 Å². The minimum Gasteiger partial charge on any atom is -0.382 e. The molecule has 18 heavy (non-hydrogen) atoms. The summed E-state index contributed by atoms with van der Waals surface area (Å²) < 4.78 is 0. The van der Waals surface area contributed by atoms with E-state index in [1.165, 1.54) is 0 Å². The summed E-state index contributed by atoms with van der Waals surface area (Å²) in [7, 11) is 0. The first-order valence-electron chi connectivity index (χ1n) is 5.99. The van der Waals surface area contributed by atoms with Crippen LogP contribution in [-0.4, -0.2) is 24.0 Å². The van der Waals surface area contributed by atoms with E-state index in [-0.39, 0.29) is 5.91 Å². The quantitative estimate of drug-likeness (QED) is 0.798. The fraction of sp³-hybridized carbons (Fsp3) is 0.462. The zero-order valence-electron chi connectivity index (χ0n) is 10.7. The molecule has 0 saturated heterocycles. The molecule has 1 heterocycles. The molecule has 1 aromatic rings. The first-order chi connectivity index (χ1) is 8.63. The van der Waals surface area contributed by atoms with Gasteiger partial charge in [0.05, 0.1) is 5.69 Å². The Morgan fingerprint density at radius 3 is 3.00 bits per heavy atom. The molecule has 0 radical (unpaired) electrons. The molecular formula is C13H18N4O. The van der Waals surface area contributed by atoms with E-state index in [0.717, 1.165) is 0 Å². The molecule has 0 fully saturated rings. The van der Waals surface area contributed by atoms with Gasteiger partial charge in [-0.3, -0.25) is 4.79 Å². The van der Waals surface area contributed by atoms with E-state index in [1.54, 1.807) is 18.3 Å². The van der Waals surface area contributed by atoms with Crippen LogP contribution in [0.2, 0.25) is 0 Å². The fourth-order valence-corrected chi connectivity index (χ4v) is 1.35. The maximum Gasteiger partial charge on any atom is 0.221 e. The maximum atomic E-state index is 11.5. The summed E-state index contributed by atoms with van der Waals surface area (Å²) in [5, 5.41) is 14.7. The Morgan fingerprint density at radius 1 is 1.56 bits per heavy atom. The van der Waals surface area contributed by atoms with Crippen molar-refractivity contribution in [2.75, 3.05) is 18.4 Å². The molecule has 0 aliphatic rings. The molecule has 0 aliphatic heterocycles. The molecule has 0 aliphatic carbocycles. The molecule has 1 amide bonds. The van der Waals surface area contributed by atoms with Gasteiger partial charge in [0, 0.05) is 25.7 Å². The molecule has 5 nitrogen and oxygen atoms in total. The van der Waals surface area contributed by atoms with E-state index < -0.39 is 0 Å². The standard InChI is InChI=1S/C13H18N4O/c1-10(2)9-17-13(18)5-7-16-11-4-3-6-15-12(11)8-14/h3-4,6,10,16H,5,7,9H2,1-2H3,(H,17,18). The maximum absolute atomic E-state index is 11.5. The largest absolute Gasteiger partial charge is 0.382 e. The Labute approximate surface area is 107 Å². The van der Waals surface area contributed by atoms with Crippen LogP contribution in [0.25, 0.3) is 0 Å². The highest BCUT2D eigenvalue weighted by molar-refractivity contribution is 5.76. The monoisotopic (exact) mass is 246 g/mol. The summed E-state index contributed by atoms with van der Waals surface area (Å²) in [4.78, 5) is 15.4. The first-order valence-corrected chi connectivity index (χ1v) is 5.99. The van der Waals surface area contributed by atoms with Gasteiger partial charge in [0.2, 0.25) is 5.91 Å². The number of rotatable bonds is 6. The Bertz CT molecular complexity index is 437. The van der Waals surface area contributed by atoms with Crippen molar-refractivity contribution in [3.63, 3.8) is 0 Å². The van der Waals surface area contributed by atoms with Gasteiger partial charge in [0.25, 0.3) is 0 Å². The Morgan fingerprint density at radius 2 is 2.33 bits per heavy atom. The third-order valence-electron chi connectivity index (χ3n) is 2.29. The van der Waals surface area contributed by atoms with Gasteiger partial charge in [-0.1, -0.05) is 13.8 Å². The van der Waals surface area contributed by atoms with E-state index in [1.807, 2.05) is 19.9 Å². The van der Waals surface area contributed by atoms with Crippen LogP contribution < -0.4 is 10.6 Å². The second-order valence-electron chi connectivity index (χ2n) is 4.39. The minimum absolute atomic E-state index is 0.0126. The lowest BCUT2D eigenvalue weighted by Crippen LogP contribution is -2.28. The first kappa shape index (κ1) is 14.0. The predicted octanol–water partition coefficient (Wildman–Crippen LogP) is 1.53. The van der Waals surface area contributed by atoms with Crippen LogP contribution >= 0.6 is 0 Å². The highest BCUT2D eigenvalue weighted by Crippen LogP contribution is 2.10. The van der Waals surface area contributed by atoms with Crippen molar-refractivity contribution in [1.82, 2.24) is 10.3 Å². The van der Waals surface area contributed by atoms with Crippen molar-refractivity contribution in [1.29, 1.82) is 5.26 Å². The third kappa shape index (κ3) is 4.83. The molecule has 96 valence electrons. The lowest BCUT2D eigenvalue weighted by molar-refractivity contribution is -0.120. The van der Waals surface area contributed by atoms with Gasteiger partial charge in [-0.25, -0.2) is 4.98 Å². The second kappa shape index (κ2) is 7.28. The van der Waals surface area contributed by atoms with Crippen molar-refractivity contribution in [2.24, 2.45) is 5.92 Å². The normalized spacial score (nSPS) is 9.89. The number of nitriles is 1. The number of carbonyl (C=O) groups excluding carboxylic acids is 1. The van der Waals surface area contributed by atoms with Crippen LogP contribution in [-0.2, 0) is 4.79 Å². The van der Waals surface area contributed by atoms with E-state index in [0.29, 0.717) is 36.8 Å². The molecule has 5 heteroatoms. The summed E-state index contributed by atoms with van der Waals surface area (Å²) in [6.07, 6.45) is 1.95. The van der Waals surface area contributed by atoms with Crippen LogP contribution in [0.15, 0.2) is 18.3 Å². The van der Waals surface area contributed by atoms with Gasteiger partial charge in [-0.05, 0) is 18.1 Å². The summed E-state index contributed by atoms with van der Waals surface area (Å²) in [6.45, 7) is 5.28. The summed E-state index contributed by atoms with van der Waals surface area (Å²) >= 11 is 0. The van der Waals surface area contributed by atoms with Crippen LogP contribution in [0, 0.1) is 17.2 Å². The number of pyridine rings is 1. The number of amides is 1. The van der Waals surface area contributed by atoms with Crippen molar-refractivity contribution in [3.05, 3.63) is 24.0 Å². The number of anilines is 1. The number of nitrogens with one attached hydrogen (secondary N) is 2. The predicted molar refractivity (Wildman–Crippen MR) is 69.9 cm³/mol. The number of hydrogen-bond donors (Lipinski definition) is 2. The molecule has 0 spiro atoms. The Balaban J connectivity index is 2.33. The molecule has 0 atom stereocenters. The summed E-state index contributed by atoms with van der Waals surface area (Å²) in [5.41, 5.74) is 1.01. The van der Waals surface area contributed by atoms with Crippen LogP contribution in [0.4, 0.5) is 5.69 Å². The van der Waals surface area contributed by atoms with Gasteiger partial charge in [0.15, 0.2) is 5.69 Å². The van der Waals surface area contributed by atoms with E-state index in [2.05, 4.69) is 15.6 Å². The molecule has 0 unspecified atom stereocenters. The molecular weight excluding hydrogens is 228 g/mol.